The monoisotopic (exact) mass is 465 g/mol. The van der Waals surface area contributed by atoms with Gasteiger partial charge >= 0.3 is 0 Å². The highest BCUT2D eigenvalue weighted by molar-refractivity contribution is 6.15. The first-order valence-corrected chi connectivity index (χ1v) is 11.3. The Bertz CT molecular complexity index is 1210. The zero-order valence-corrected chi connectivity index (χ0v) is 20.4. The number of H-pyrrole nitrogens is 1. The van der Waals surface area contributed by atoms with Gasteiger partial charge in [-0.3, -0.25) is 5.32 Å². The number of hydrogen-bond acceptors (Lipinski definition) is 4. The first-order chi connectivity index (χ1) is 16.1. The molecule has 33 heavy (non-hydrogen) atoms. The Balaban J connectivity index is 0.00000149. The molecule has 0 aliphatic carbocycles. The van der Waals surface area contributed by atoms with E-state index in [1.54, 1.807) is 21.3 Å². The van der Waals surface area contributed by atoms with Crippen LogP contribution in [0.3, 0.4) is 0 Å². The minimum Gasteiger partial charge on any atom is -0.497 e. The Morgan fingerprint density at radius 3 is 2.18 bits per heavy atom. The molecule has 0 spiro atoms. The minimum absolute atomic E-state index is 0.641. The maximum absolute atomic E-state index is 5.51. The molecule has 3 aromatic carbocycles. The predicted octanol–water partition coefficient (Wildman–Crippen LogP) is 6.12. The Hall–Kier alpha value is -3.44. The molecule has 1 heterocycles. The summed E-state index contributed by atoms with van der Waals surface area (Å²) < 4.78 is 16.3. The summed E-state index contributed by atoms with van der Waals surface area (Å²) >= 11 is 4.64. The lowest BCUT2D eigenvalue weighted by Gasteiger charge is -2.13. The molecule has 4 rings (SSSR count). The van der Waals surface area contributed by atoms with Crippen molar-refractivity contribution in [3.8, 4) is 28.4 Å². The average Bonchev–Trinajstić information content (AvgIpc) is 2.88. The van der Waals surface area contributed by atoms with Crippen molar-refractivity contribution in [2.45, 2.75) is 13.5 Å². The van der Waals surface area contributed by atoms with Crippen LogP contribution in [0.2, 0.25) is 0 Å². The zero-order chi connectivity index (χ0) is 23.8. The van der Waals surface area contributed by atoms with Gasteiger partial charge in [-0.2, -0.15) is 0 Å². The second-order valence-corrected chi connectivity index (χ2v) is 7.32. The van der Waals surface area contributed by atoms with E-state index < -0.39 is 0 Å². The number of aromatic amines is 1. The standard InChI is InChI=1S/C26H26N2O3.CH3Cl/c1-17-25(19-8-6-5-7-9-19)22-15-20(29-2)11-12-21(22)26(28-17)27-16-18-10-13-23(30-3)24(14-18)31-4;1-2/h5-15H,16H2,1-4H3,(H,27,28);1H3/p+1. The summed E-state index contributed by atoms with van der Waals surface area (Å²) in [6.07, 6.45) is 1.47. The van der Waals surface area contributed by atoms with Gasteiger partial charge in [0.05, 0.1) is 26.7 Å². The van der Waals surface area contributed by atoms with Gasteiger partial charge in [-0.25, -0.2) is 4.98 Å². The number of nitrogens with one attached hydrogen (secondary N) is 2. The Labute approximate surface area is 200 Å². The maximum atomic E-state index is 5.51. The highest BCUT2D eigenvalue weighted by atomic mass is 35.5. The van der Waals surface area contributed by atoms with Crippen LogP contribution in [0.25, 0.3) is 21.9 Å². The molecule has 2 N–H and O–H groups in total. The van der Waals surface area contributed by atoms with Crippen molar-refractivity contribution in [1.82, 2.24) is 0 Å². The molecule has 1 aromatic heterocycles. The SMILES string of the molecule is CCl.COc1ccc2c(NCc3ccc(OC)c(OC)c3)[nH+]c(C)c(-c3ccccc3)c2c1. The van der Waals surface area contributed by atoms with E-state index in [0.717, 1.165) is 45.1 Å². The fraction of sp³-hybridized carbons (Fsp3) is 0.222. The third kappa shape index (κ3) is 5.32. The summed E-state index contributed by atoms with van der Waals surface area (Å²) in [6, 6.07) is 22.5. The molecule has 5 nitrogen and oxygen atoms in total. The van der Waals surface area contributed by atoms with Gasteiger partial charge in [-0.1, -0.05) is 36.4 Å². The van der Waals surface area contributed by atoms with Gasteiger partial charge in [0.25, 0.3) is 5.82 Å². The first kappa shape index (κ1) is 24.2. The Morgan fingerprint density at radius 2 is 1.52 bits per heavy atom. The molecule has 0 saturated carbocycles. The van der Waals surface area contributed by atoms with E-state index in [2.05, 4.69) is 65.2 Å². The molecule has 0 radical (unpaired) electrons. The minimum atomic E-state index is 0.641. The number of ether oxygens (including phenoxy) is 3. The van der Waals surface area contributed by atoms with Gasteiger partial charge in [0.15, 0.2) is 11.5 Å². The van der Waals surface area contributed by atoms with Crippen LogP contribution in [0.5, 0.6) is 17.2 Å². The molecule has 0 atom stereocenters. The largest absolute Gasteiger partial charge is 0.497 e. The highest BCUT2D eigenvalue weighted by Crippen LogP contribution is 2.35. The second-order valence-electron chi connectivity index (χ2n) is 7.32. The van der Waals surface area contributed by atoms with Crippen LogP contribution in [-0.4, -0.2) is 27.7 Å². The third-order valence-electron chi connectivity index (χ3n) is 5.43. The fourth-order valence-corrected chi connectivity index (χ4v) is 3.89. The lowest BCUT2D eigenvalue weighted by atomic mass is 9.97. The summed E-state index contributed by atoms with van der Waals surface area (Å²) in [7, 11) is 4.99. The van der Waals surface area contributed by atoms with Gasteiger partial charge in [0.2, 0.25) is 0 Å². The molecule has 0 amide bonds. The number of alkyl halides is 1. The third-order valence-corrected chi connectivity index (χ3v) is 5.43. The van der Waals surface area contributed by atoms with E-state index in [9.17, 15) is 0 Å². The van der Waals surface area contributed by atoms with Crippen LogP contribution in [0.1, 0.15) is 11.3 Å². The normalized spacial score (nSPS) is 10.2. The van der Waals surface area contributed by atoms with Crippen LogP contribution < -0.4 is 24.5 Å². The van der Waals surface area contributed by atoms with E-state index >= 15 is 0 Å². The number of methoxy groups -OCH3 is 3. The van der Waals surface area contributed by atoms with Crippen molar-refractivity contribution in [3.05, 3.63) is 78.0 Å². The van der Waals surface area contributed by atoms with E-state index in [-0.39, 0.29) is 0 Å². The molecule has 0 aliphatic heterocycles. The quantitative estimate of drug-likeness (QED) is 0.334. The lowest BCUT2D eigenvalue weighted by molar-refractivity contribution is -0.368. The number of benzene rings is 3. The zero-order valence-electron chi connectivity index (χ0n) is 19.7. The molecule has 6 heteroatoms. The van der Waals surface area contributed by atoms with Crippen LogP contribution in [-0.2, 0) is 6.54 Å². The molecule has 0 unspecified atom stereocenters. The average molecular weight is 466 g/mol. The Morgan fingerprint density at radius 1 is 0.788 bits per heavy atom. The molecule has 0 saturated heterocycles. The maximum Gasteiger partial charge on any atom is 0.280 e. The molecule has 172 valence electrons. The molecular weight excluding hydrogens is 436 g/mol. The van der Waals surface area contributed by atoms with Gasteiger partial charge < -0.3 is 14.2 Å². The number of pyridine rings is 1. The summed E-state index contributed by atoms with van der Waals surface area (Å²) in [5, 5.41) is 5.80. The number of aryl methyl sites for hydroxylation is 1. The summed E-state index contributed by atoms with van der Waals surface area (Å²) in [4.78, 5) is 3.57. The predicted molar refractivity (Wildman–Crippen MR) is 136 cm³/mol. The van der Waals surface area contributed by atoms with Gasteiger partial charge in [-0.15, -0.1) is 11.6 Å². The number of fused-ring (bicyclic) bond motifs is 1. The fourth-order valence-electron chi connectivity index (χ4n) is 3.89. The lowest BCUT2D eigenvalue weighted by Crippen LogP contribution is -2.18. The van der Waals surface area contributed by atoms with Crippen LogP contribution in [0.4, 0.5) is 5.82 Å². The summed E-state index contributed by atoms with van der Waals surface area (Å²) in [6.45, 7) is 2.74. The molecular formula is C27H30ClN2O3+. The van der Waals surface area contributed by atoms with E-state index in [0.29, 0.717) is 6.54 Å². The number of rotatable bonds is 7. The molecule has 0 bridgehead atoms. The topological polar surface area (TPSA) is 53.9 Å². The molecule has 0 fully saturated rings. The van der Waals surface area contributed by atoms with Crippen LogP contribution in [0.15, 0.2) is 66.7 Å². The van der Waals surface area contributed by atoms with Gasteiger partial charge in [0, 0.05) is 17.3 Å². The number of aromatic nitrogens is 1. The highest BCUT2D eigenvalue weighted by Gasteiger charge is 2.18. The number of halogens is 1. The van der Waals surface area contributed by atoms with Crippen molar-refractivity contribution < 1.29 is 19.2 Å². The van der Waals surface area contributed by atoms with E-state index in [4.69, 9.17) is 14.2 Å². The number of hydrogen-bond donors (Lipinski definition) is 1. The summed E-state index contributed by atoms with van der Waals surface area (Å²) in [5.41, 5.74) is 4.52. The van der Waals surface area contributed by atoms with Gasteiger partial charge in [-0.05, 0) is 48.4 Å². The van der Waals surface area contributed by atoms with Crippen molar-refractivity contribution in [3.63, 3.8) is 0 Å². The number of anilines is 1. The second kappa shape index (κ2) is 11.4. The van der Waals surface area contributed by atoms with Crippen molar-refractivity contribution >= 4 is 28.2 Å². The first-order valence-electron chi connectivity index (χ1n) is 10.6. The summed E-state index contributed by atoms with van der Waals surface area (Å²) in [5.74, 6) is 3.24. The Kier molecular flexibility index (Phi) is 8.39. The van der Waals surface area contributed by atoms with Crippen molar-refractivity contribution in [2.24, 2.45) is 0 Å². The molecule has 4 aromatic rings. The van der Waals surface area contributed by atoms with Crippen LogP contribution in [0, 0.1) is 6.92 Å². The van der Waals surface area contributed by atoms with Gasteiger partial charge in [0.1, 0.15) is 18.0 Å². The molecule has 0 aliphatic rings. The smallest absolute Gasteiger partial charge is 0.280 e. The van der Waals surface area contributed by atoms with Crippen molar-refractivity contribution in [1.29, 1.82) is 0 Å². The van der Waals surface area contributed by atoms with Crippen LogP contribution >= 0.6 is 11.6 Å². The van der Waals surface area contributed by atoms with Crippen molar-refractivity contribution in [2.75, 3.05) is 33.0 Å². The van der Waals surface area contributed by atoms with E-state index in [1.807, 2.05) is 30.3 Å². The van der Waals surface area contributed by atoms with E-state index in [1.165, 1.54) is 17.5 Å².